The van der Waals surface area contributed by atoms with Crippen molar-refractivity contribution in [1.82, 2.24) is 14.6 Å². The molecule has 5 nitrogen and oxygen atoms in total. The number of fused-ring (bicyclic) bond motifs is 2. The Morgan fingerprint density at radius 1 is 0.929 bits per heavy atom. The molecule has 1 aliphatic rings. The number of aromatic nitrogens is 3. The second-order valence-electron chi connectivity index (χ2n) is 6.66. The minimum Gasteiger partial charge on any atom is -0.399 e. The van der Waals surface area contributed by atoms with Crippen LogP contribution in [0.2, 0.25) is 0 Å². The van der Waals surface area contributed by atoms with Gasteiger partial charge in [-0.15, -0.1) is 0 Å². The van der Waals surface area contributed by atoms with Gasteiger partial charge in [-0.2, -0.15) is 5.10 Å². The third-order valence-corrected chi connectivity index (χ3v) is 5.34. The number of nitrogen functional groups attached to an aromatic ring is 1. The maximum absolute atomic E-state index is 5.90. The average molecular weight is 430 g/mol. The Morgan fingerprint density at radius 2 is 1.71 bits per heavy atom. The summed E-state index contributed by atoms with van der Waals surface area (Å²) in [4.78, 5) is 8.78. The minimum absolute atomic E-state index is 0.704. The average Bonchev–Trinajstić information content (AvgIpc) is 3.04. The van der Waals surface area contributed by atoms with Gasteiger partial charge in [-0.05, 0) is 42.0 Å². The van der Waals surface area contributed by atoms with Crippen molar-refractivity contribution in [2.45, 2.75) is 6.42 Å². The molecule has 4 aromatic rings. The quantitative estimate of drug-likeness (QED) is 0.420. The Morgan fingerprint density at radius 3 is 2.50 bits per heavy atom. The lowest BCUT2D eigenvalue weighted by molar-refractivity contribution is 0.812. The van der Waals surface area contributed by atoms with Crippen molar-refractivity contribution >= 4 is 27.3 Å². The first-order valence-corrected chi connectivity index (χ1v) is 9.69. The number of anilines is 1. The largest absolute Gasteiger partial charge is 0.399 e. The number of imidazole rings is 1. The highest BCUT2D eigenvalue weighted by Gasteiger charge is 2.21. The van der Waals surface area contributed by atoms with E-state index in [1.807, 2.05) is 47.3 Å². The molecule has 5 rings (SSSR count). The fourth-order valence-electron chi connectivity index (χ4n) is 3.44. The molecule has 2 aromatic heterocycles. The van der Waals surface area contributed by atoms with Crippen LogP contribution in [0.25, 0.3) is 11.3 Å². The Kier molecular flexibility index (Phi) is 4.06. The summed E-state index contributed by atoms with van der Waals surface area (Å²) in [5.41, 5.74) is 12.8. The standard InChI is InChI=1S/C22H16BrN5/c23-17-4-1-16-11-21-26-13-20(14-7-9-25-10-8-14)28(21)27-22(19(16)12-17)15-2-5-18(24)6-3-15/h1-10,12-13H,11,24H2. The molecule has 0 saturated carbocycles. The van der Waals surface area contributed by atoms with Crippen LogP contribution in [-0.4, -0.2) is 20.4 Å². The predicted octanol–water partition coefficient (Wildman–Crippen LogP) is 4.49. The third-order valence-electron chi connectivity index (χ3n) is 4.84. The van der Waals surface area contributed by atoms with Crippen molar-refractivity contribution in [2.24, 2.45) is 5.10 Å². The number of hydrogen-bond donors (Lipinski definition) is 1. The number of rotatable bonds is 2. The first kappa shape index (κ1) is 16.9. The second kappa shape index (κ2) is 6.73. The fraction of sp³-hybridized carbons (Fsp3) is 0.0455. The van der Waals surface area contributed by atoms with Crippen LogP contribution >= 0.6 is 15.9 Å². The van der Waals surface area contributed by atoms with Crippen LogP contribution in [0.15, 0.2) is 82.8 Å². The predicted molar refractivity (Wildman–Crippen MR) is 114 cm³/mol. The topological polar surface area (TPSA) is 69.1 Å². The summed E-state index contributed by atoms with van der Waals surface area (Å²) in [6, 6.07) is 18.1. The van der Waals surface area contributed by atoms with E-state index in [0.717, 1.165) is 44.1 Å². The van der Waals surface area contributed by atoms with Crippen LogP contribution in [0, 0.1) is 0 Å². The van der Waals surface area contributed by atoms with Gasteiger partial charge in [-0.25, -0.2) is 9.66 Å². The summed E-state index contributed by atoms with van der Waals surface area (Å²) in [6.07, 6.45) is 6.14. The summed E-state index contributed by atoms with van der Waals surface area (Å²) in [6.45, 7) is 0. The number of hydrogen-bond acceptors (Lipinski definition) is 4. The SMILES string of the molecule is Nc1ccc(C2=Nn3c(-c4ccncc4)cnc3Cc3ccc(Br)cc32)cc1. The molecule has 2 N–H and O–H groups in total. The lowest BCUT2D eigenvalue weighted by Crippen LogP contribution is -2.07. The minimum atomic E-state index is 0.704. The van der Waals surface area contributed by atoms with Gasteiger partial charge >= 0.3 is 0 Å². The van der Waals surface area contributed by atoms with Crippen LogP contribution < -0.4 is 5.73 Å². The van der Waals surface area contributed by atoms with Gasteiger partial charge in [0.15, 0.2) is 0 Å². The molecule has 0 unspecified atom stereocenters. The van der Waals surface area contributed by atoms with Gasteiger partial charge in [0, 0.05) is 45.7 Å². The van der Waals surface area contributed by atoms with E-state index in [-0.39, 0.29) is 0 Å². The van der Waals surface area contributed by atoms with E-state index in [2.05, 4.69) is 44.1 Å². The number of nitrogens with two attached hydrogens (primary N) is 1. The highest BCUT2D eigenvalue weighted by atomic mass is 79.9. The second-order valence-corrected chi connectivity index (χ2v) is 7.57. The van der Waals surface area contributed by atoms with Gasteiger partial charge in [-0.1, -0.05) is 34.1 Å². The molecule has 0 atom stereocenters. The Labute approximate surface area is 170 Å². The number of pyridine rings is 1. The maximum atomic E-state index is 5.90. The summed E-state index contributed by atoms with van der Waals surface area (Å²) in [5, 5.41) is 5.05. The van der Waals surface area contributed by atoms with Gasteiger partial charge in [0.25, 0.3) is 0 Å². The molecule has 28 heavy (non-hydrogen) atoms. The smallest absolute Gasteiger partial charge is 0.135 e. The van der Waals surface area contributed by atoms with E-state index < -0.39 is 0 Å². The molecule has 0 amide bonds. The molecule has 0 fully saturated rings. The molecule has 6 heteroatoms. The van der Waals surface area contributed by atoms with Gasteiger partial charge in [0.05, 0.1) is 17.6 Å². The monoisotopic (exact) mass is 429 g/mol. The lowest BCUT2D eigenvalue weighted by Gasteiger charge is -2.11. The molecular weight excluding hydrogens is 414 g/mol. The van der Waals surface area contributed by atoms with Crippen LogP contribution in [0.4, 0.5) is 5.69 Å². The van der Waals surface area contributed by atoms with Crippen LogP contribution in [-0.2, 0) is 6.42 Å². The van der Waals surface area contributed by atoms with E-state index in [9.17, 15) is 0 Å². The fourth-order valence-corrected chi connectivity index (χ4v) is 3.80. The van der Waals surface area contributed by atoms with Crippen molar-refractivity contribution in [1.29, 1.82) is 0 Å². The van der Waals surface area contributed by atoms with E-state index in [0.29, 0.717) is 6.42 Å². The number of benzene rings is 2. The normalized spacial score (nSPS) is 12.7. The Hall–Kier alpha value is -3.25. The zero-order valence-corrected chi connectivity index (χ0v) is 16.5. The first-order chi connectivity index (χ1) is 13.7. The Balaban J connectivity index is 1.77. The van der Waals surface area contributed by atoms with Crippen molar-refractivity contribution in [2.75, 3.05) is 5.73 Å². The molecular formula is C22H16BrN5. The van der Waals surface area contributed by atoms with E-state index in [4.69, 9.17) is 10.8 Å². The van der Waals surface area contributed by atoms with Crippen molar-refractivity contribution in [3.05, 3.63) is 100 Å². The van der Waals surface area contributed by atoms with Gasteiger partial charge in [0.2, 0.25) is 0 Å². The molecule has 0 spiro atoms. The number of halogens is 1. The zero-order valence-electron chi connectivity index (χ0n) is 14.9. The molecule has 0 bridgehead atoms. The van der Waals surface area contributed by atoms with Gasteiger partial charge in [-0.3, -0.25) is 4.98 Å². The van der Waals surface area contributed by atoms with Crippen LogP contribution in [0.1, 0.15) is 22.5 Å². The highest BCUT2D eigenvalue weighted by Crippen LogP contribution is 2.29. The highest BCUT2D eigenvalue weighted by molar-refractivity contribution is 9.10. The first-order valence-electron chi connectivity index (χ1n) is 8.90. The molecule has 136 valence electrons. The molecule has 0 radical (unpaired) electrons. The van der Waals surface area contributed by atoms with Crippen molar-refractivity contribution < 1.29 is 0 Å². The molecule has 0 aliphatic carbocycles. The molecule has 0 saturated heterocycles. The summed E-state index contributed by atoms with van der Waals surface area (Å²) < 4.78 is 2.96. The summed E-state index contributed by atoms with van der Waals surface area (Å²) >= 11 is 3.60. The molecule has 3 heterocycles. The number of nitrogens with zero attached hydrogens (tertiary/aromatic N) is 4. The van der Waals surface area contributed by atoms with Crippen LogP contribution in [0.3, 0.4) is 0 Å². The maximum Gasteiger partial charge on any atom is 0.135 e. The summed E-state index contributed by atoms with van der Waals surface area (Å²) in [7, 11) is 0. The van der Waals surface area contributed by atoms with Gasteiger partial charge < -0.3 is 5.73 Å². The van der Waals surface area contributed by atoms with E-state index in [1.54, 1.807) is 12.4 Å². The molecule has 2 aromatic carbocycles. The lowest BCUT2D eigenvalue weighted by atomic mass is 9.96. The van der Waals surface area contributed by atoms with E-state index in [1.165, 1.54) is 5.56 Å². The van der Waals surface area contributed by atoms with Gasteiger partial charge in [0.1, 0.15) is 5.82 Å². The van der Waals surface area contributed by atoms with E-state index >= 15 is 0 Å². The van der Waals surface area contributed by atoms with Crippen molar-refractivity contribution in [3.8, 4) is 11.3 Å². The Bertz CT molecular complexity index is 1190. The molecule has 1 aliphatic heterocycles. The zero-order chi connectivity index (χ0) is 19.1. The van der Waals surface area contributed by atoms with Crippen LogP contribution in [0.5, 0.6) is 0 Å². The summed E-state index contributed by atoms with van der Waals surface area (Å²) in [5.74, 6) is 0.904. The van der Waals surface area contributed by atoms with Crippen molar-refractivity contribution in [3.63, 3.8) is 0 Å². The third kappa shape index (κ3) is 2.92.